The fourth-order valence-corrected chi connectivity index (χ4v) is 3.91. The number of benzene rings is 1. The zero-order chi connectivity index (χ0) is 15.0. The van der Waals surface area contributed by atoms with Crippen molar-refractivity contribution in [2.24, 2.45) is 5.92 Å². The molecule has 112 valence electrons. The van der Waals surface area contributed by atoms with E-state index in [2.05, 4.69) is 5.32 Å². The molecule has 0 saturated heterocycles. The molecule has 0 fully saturated rings. The average Bonchev–Trinajstić information content (AvgIpc) is 2.75. The first-order chi connectivity index (χ1) is 10.1. The van der Waals surface area contributed by atoms with Gasteiger partial charge in [0.15, 0.2) is 0 Å². The van der Waals surface area contributed by atoms with Gasteiger partial charge in [-0.2, -0.15) is 0 Å². The lowest BCUT2D eigenvalue weighted by Gasteiger charge is -2.37. The first-order valence-corrected chi connectivity index (χ1v) is 7.27. The van der Waals surface area contributed by atoms with Crippen molar-refractivity contribution in [2.45, 2.75) is 31.1 Å². The van der Waals surface area contributed by atoms with E-state index >= 15 is 0 Å². The molecular weight excluding hydrogens is 270 g/mol. The Hall–Kier alpha value is -1.88. The normalized spacial score (nSPS) is 24.3. The standard InChI is InChI=1S/C16H19NO4/c1-21-9-7-11(14(18)19)16-8-3-5-10-4-2-6-12(13(10)16)17-15(16)20/h2,4,6,11H,3,5,7-9H2,1H3,(H,17,20)(H,18,19)/t11?,16-/m0/s1. The van der Waals surface area contributed by atoms with Gasteiger partial charge in [0.2, 0.25) is 5.91 Å². The molecule has 1 aliphatic carbocycles. The molecule has 3 rings (SSSR count). The van der Waals surface area contributed by atoms with Crippen LogP contribution in [0.2, 0.25) is 0 Å². The SMILES string of the molecule is COCCC(C(=O)O)[C@@]12CCCc3cccc(c31)NC2=O. The number of carbonyl (C=O) groups is 2. The number of amides is 1. The fraction of sp³-hybridized carbons (Fsp3) is 0.500. The number of methoxy groups -OCH3 is 1. The highest BCUT2D eigenvalue weighted by atomic mass is 16.5. The number of carboxylic acid groups (broad SMARTS) is 1. The molecule has 0 bridgehead atoms. The first kappa shape index (κ1) is 14.1. The number of hydrogen-bond donors (Lipinski definition) is 2. The van der Waals surface area contributed by atoms with Crippen LogP contribution in [0.3, 0.4) is 0 Å². The van der Waals surface area contributed by atoms with Crippen LogP contribution in [0.15, 0.2) is 18.2 Å². The highest BCUT2D eigenvalue weighted by molar-refractivity contribution is 6.09. The molecule has 1 unspecified atom stereocenters. The highest BCUT2D eigenvalue weighted by Gasteiger charge is 2.56. The predicted molar refractivity (Wildman–Crippen MR) is 77.3 cm³/mol. The molecule has 1 heterocycles. The van der Waals surface area contributed by atoms with Gasteiger partial charge in [-0.25, -0.2) is 0 Å². The largest absolute Gasteiger partial charge is 0.481 e. The monoisotopic (exact) mass is 289 g/mol. The highest BCUT2D eigenvalue weighted by Crippen LogP contribution is 2.51. The molecule has 5 nitrogen and oxygen atoms in total. The number of ether oxygens (including phenoxy) is 1. The van der Waals surface area contributed by atoms with Crippen LogP contribution in [-0.2, 0) is 26.2 Å². The van der Waals surface area contributed by atoms with Gasteiger partial charge in [-0.1, -0.05) is 12.1 Å². The van der Waals surface area contributed by atoms with E-state index in [-0.39, 0.29) is 5.91 Å². The third-order valence-corrected chi connectivity index (χ3v) is 4.77. The Morgan fingerprint density at radius 3 is 3.05 bits per heavy atom. The quantitative estimate of drug-likeness (QED) is 0.868. The molecule has 2 aliphatic rings. The van der Waals surface area contributed by atoms with Gasteiger partial charge >= 0.3 is 5.97 Å². The molecular formula is C16H19NO4. The van der Waals surface area contributed by atoms with Crippen molar-refractivity contribution in [3.8, 4) is 0 Å². The van der Waals surface area contributed by atoms with E-state index in [0.29, 0.717) is 19.4 Å². The van der Waals surface area contributed by atoms with Crippen molar-refractivity contribution in [2.75, 3.05) is 19.0 Å². The van der Waals surface area contributed by atoms with Crippen LogP contribution in [0.5, 0.6) is 0 Å². The van der Waals surface area contributed by atoms with Gasteiger partial charge < -0.3 is 15.2 Å². The number of aryl methyl sites for hydroxylation is 1. The lowest BCUT2D eigenvalue weighted by Crippen LogP contribution is -2.47. The van der Waals surface area contributed by atoms with Gasteiger partial charge in [0.05, 0.1) is 11.3 Å². The Kier molecular flexibility index (Phi) is 3.45. The van der Waals surface area contributed by atoms with Gasteiger partial charge in [-0.3, -0.25) is 9.59 Å². The van der Waals surface area contributed by atoms with E-state index in [9.17, 15) is 14.7 Å². The molecule has 1 amide bonds. The maximum atomic E-state index is 12.7. The van der Waals surface area contributed by atoms with Crippen LogP contribution < -0.4 is 5.32 Å². The van der Waals surface area contributed by atoms with E-state index in [4.69, 9.17) is 4.74 Å². The van der Waals surface area contributed by atoms with E-state index in [1.54, 1.807) is 7.11 Å². The van der Waals surface area contributed by atoms with E-state index in [0.717, 1.165) is 29.7 Å². The number of carbonyl (C=O) groups excluding carboxylic acids is 1. The number of nitrogens with one attached hydrogen (secondary N) is 1. The molecule has 21 heavy (non-hydrogen) atoms. The summed E-state index contributed by atoms with van der Waals surface area (Å²) in [6, 6.07) is 5.78. The van der Waals surface area contributed by atoms with E-state index in [1.165, 1.54) is 0 Å². The smallest absolute Gasteiger partial charge is 0.308 e. The second-order valence-electron chi connectivity index (χ2n) is 5.79. The summed E-state index contributed by atoms with van der Waals surface area (Å²) in [6.07, 6.45) is 2.66. The van der Waals surface area contributed by atoms with Crippen LogP contribution in [0.25, 0.3) is 0 Å². The van der Waals surface area contributed by atoms with Crippen molar-refractivity contribution < 1.29 is 19.4 Å². The second kappa shape index (κ2) is 5.15. The Bertz CT molecular complexity index is 598. The van der Waals surface area contributed by atoms with Crippen molar-refractivity contribution in [3.63, 3.8) is 0 Å². The molecule has 1 aromatic carbocycles. The second-order valence-corrected chi connectivity index (χ2v) is 5.79. The summed E-state index contributed by atoms with van der Waals surface area (Å²) in [5.41, 5.74) is 1.85. The lowest BCUT2D eigenvalue weighted by atomic mass is 9.62. The van der Waals surface area contributed by atoms with Gasteiger partial charge in [-0.05, 0) is 42.9 Å². The molecule has 0 saturated carbocycles. The molecule has 0 radical (unpaired) electrons. The Morgan fingerprint density at radius 2 is 2.33 bits per heavy atom. The van der Waals surface area contributed by atoms with Crippen LogP contribution in [0.4, 0.5) is 5.69 Å². The minimum atomic E-state index is -0.936. The van der Waals surface area contributed by atoms with Gasteiger partial charge in [-0.15, -0.1) is 0 Å². The molecule has 2 N–H and O–H groups in total. The molecule has 2 atom stereocenters. The fourth-order valence-electron chi connectivity index (χ4n) is 3.91. The molecule has 5 heteroatoms. The zero-order valence-corrected chi connectivity index (χ0v) is 12.0. The Balaban J connectivity index is 2.14. The third-order valence-electron chi connectivity index (χ3n) is 4.77. The Morgan fingerprint density at radius 1 is 1.52 bits per heavy atom. The summed E-state index contributed by atoms with van der Waals surface area (Å²) in [5.74, 6) is -1.85. The average molecular weight is 289 g/mol. The third kappa shape index (κ3) is 1.95. The summed E-state index contributed by atoms with van der Waals surface area (Å²) >= 11 is 0. The van der Waals surface area contributed by atoms with Gasteiger partial charge in [0.1, 0.15) is 0 Å². The minimum Gasteiger partial charge on any atom is -0.481 e. The lowest BCUT2D eigenvalue weighted by molar-refractivity contribution is -0.148. The predicted octanol–water partition coefficient (Wildman–Crippen LogP) is 1.95. The summed E-state index contributed by atoms with van der Waals surface area (Å²) in [4.78, 5) is 24.5. The van der Waals surface area contributed by atoms with Crippen LogP contribution in [0, 0.1) is 5.92 Å². The molecule has 0 spiro atoms. The summed E-state index contributed by atoms with van der Waals surface area (Å²) in [5, 5.41) is 12.6. The van der Waals surface area contributed by atoms with Crippen LogP contribution >= 0.6 is 0 Å². The van der Waals surface area contributed by atoms with Crippen molar-refractivity contribution in [1.29, 1.82) is 0 Å². The Labute approximate surface area is 123 Å². The number of anilines is 1. The number of rotatable bonds is 5. The van der Waals surface area contributed by atoms with E-state index in [1.807, 2.05) is 18.2 Å². The van der Waals surface area contributed by atoms with Gasteiger partial charge in [0.25, 0.3) is 0 Å². The molecule has 1 aliphatic heterocycles. The minimum absolute atomic E-state index is 0.173. The molecule has 0 aromatic heterocycles. The summed E-state index contributed by atoms with van der Waals surface area (Å²) in [7, 11) is 1.55. The maximum Gasteiger partial charge on any atom is 0.308 e. The van der Waals surface area contributed by atoms with Crippen LogP contribution in [0.1, 0.15) is 30.4 Å². The van der Waals surface area contributed by atoms with E-state index < -0.39 is 17.3 Å². The maximum absolute atomic E-state index is 12.7. The topological polar surface area (TPSA) is 75.6 Å². The summed E-state index contributed by atoms with van der Waals surface area (Å²) in [6.45, 7) is 0.337. The number of hydrogen-bond acceptors (Lipinski definition) is 3. The van der Waals surface area contributed by atoms with Crippen molar-refractivity contribution in [1.82, 2.24) is 0 Å². The van der Waals surface area contributed by atoms with Crippen LogP contribution in [-0.4, -0.2) is 30.7 Å². The first-order valence-electron chi connectivity index (χ1n) is 7.27. The molecule has 1 aromatic rings. The number of carboxylic acids is 1. The van der Waals surface area contributed by atoms with Gasteiger partial charge in [0, 0.05) is 19.4 Å². The summed E-state index contributed by atoms with van der Waals surface area (Å²) < 4.78 is 5.05. The number of aliphatic carboxylic acids is 1. The zero-order valence-electron chi connectivity index (χ0n) is 12.0. The van der Waals surface area contributed by atoms with Crippen molar-refractivity contribution >= 4 is 17.6 Å². The van der Waals surface area contributed by atoms with Crippen molar-refractivity contribution in [3.05, 3.63) is 29.3 Å².